The van der Waals surface area contributed by atoms with Gasteiger partial charge < -0.3 is 4.84 Å². The second kappa shape index (κ2) is 4.19. The van der Waals surface area contributed by atoms with Crippen LogP contribution in [0, 0.1) is 0 Å². The van der Waals surface area contributed by atoms with Gasteiger partial charge in [0.05, 0.1) is 5.69 Å². The zero-order valence-corrected chi connectivity index (χ0v) is 10.9. The van der Waals surface area contributed by atoms with E-state index < -0.39 is 0 Å². The first kappa shape index (κ1) is 11.2. The van der Waals surface area contributed by atoms with Gasteiger partial charge in [-0.1, -0.05) is 35.5 Å². The van der Waals surface area contributed by atoms with Crippen molar-refractivity contribution in [1.82, 2.24) is 20.0 Å². The van der Waals surface area contributed by atoms with Crippen molar-refractivity contribution in [3.8, 4) is 22.8 Å². The summed E-state index contributed by atoms with van der Waals surface area (Å²) in [4.78, 5) is 10.2. The molecule has 0 atom stereocenters. The number of aryl methyl sites for hydroxylation is 2. The zero-order chi connectivity index (χ0) is 13.5. The quantitative estimate of drug-likeness (QED) is 0.708. The van der Waals surface area contributed by atoms with E-state index in [1.54, 1.807) is 11.8 Å². The number of benzene rings is 1. The van der Waals surface area contributed by atoms with Crippen molar-refractivity contribution in [2.45, 2.75) is 12.8 Å². The van der Waals surface area contributed by atoms with Gasteiger partial charge in [0.25, 0.3) is 0 Å². The van der Waals surface area contributed by atoms with Crippen molar-refractivity contribution in [1.29, 1.82) is 0 Å². The maximum atomic E-state index is 5.51. The number of imidazole rings is 1. The molecule has 0 saturated carbocycles. The fourth-order valence-corrected chi connectivity index (χ4v) is 2.59. The monoisotopic (exact) mass is 268 g/mol. The summed E-state index contributed by atoms with van der Waals surface area (Å²) in [5.41, 5.74) is 4.39. The Hall–Kier alpha value is -2.63. The Morgan fingerprint density at radius 1 is 1.10 bits per heavy atom. The molecule has 2 heterocycles. The van der Waals surface area contributed by atoms with Gasteiger partial charge in [0.15, 0.2) is 11.5 Å². The molecule has 1 aromatic carbocycles. The SMILES string of the molecule is COn1c(-c2ccccc2)nc2c1-c1nonc1CC2. The number of aromatic nitrogens is 4. The second-order valence-electron chi connectivity index (χ2n) is 4.63. The maximum absolute atomic E-state index is 5.51. The minimum atomic E-state index is 0.725. The zero-order valence-electron chi connectivity index (χ0n) is 10.9. The average Bonchev–Trinajstić information content (AvgIpc) is 3.11. The van der Waals surface area contributed by atoms with Crippen LogP contribution in [0.3, 0.4) is 0 Å². The van der Waals surface area contributed by atoms with Crippen molar-refractivity contribution in [3.05, 3.63) is 41.7 Å². The predicted octanol–water partition coefficient (Wildman–Crippen LogP) is 1.76. The summed E-state index contributed by atoms with van der Waals surface area (Å²) >= 11 is 0. The third-order valence-corrected chi connectivity index (χ3v) is 3.50. The highest BCUT2D eigenvalue weighted by molar-refractivity contribution is 5.68. The number of hydrogen-bond acceptors (Lipinski definition) is 5. The van der Waals surface area contributed by atoms with Gasteiger partial charge in [-0.15, -0.1) is 0 Å². The highest BCUT2D eigenvalue weighted by atomic mass is 16.6. The summed E-state index contributed by atoms with van der Waals surface area (Å²) in [6.45, 7) is 0. The Balaban J connectivity index is 1.97. The summed E-state index contributed by atoms with van der Waals surface area (Å²) in [5, 5.41) is 7.92. The molecule has 4 rings (SSSR count). The van der Waals surface area contributed by atoms with E-state index in [0.29, 0.717) is 0 Å². The second-order valence-corrected chi connectivity index (χ2v) is 4.63. The molecule has 6 nitrogen and oxygen atoms in total. The van der Waals surface area contributed by atoms with Crippen molar-refractivity contribution < 1.29 is 9.47 Å². The van der Waals surface area contributed by atoms with Crippen LogP contribution in [0.1, 0.15) is 11.4 Å². The first-order chi connectivity index (χ1) is 9.88. The average molecular weight is 268 g/mol. The molecule has 6 heteroatoms. The van der Waals surface area contributed by atoms with Gasteiger partial charge in [0.2, 0.25) is 0 Å². The fraction of sp³-hybridized carbons (Fsp3) is 0.214. The molecule has 0 bridgehead atoms. The van der Waals surface area contributed by atoms with Gasteiger partial charge >= 0.3 is 0 Å². The molecule has 0 spiro atoms. The van der Waals surface area contributed by atoms with E-state index in [9.17, 15) is 0 Å². The summed E-state index contributed by atoms with van der Waals surface area (Å²) in [6.07, 6.45) is 1.60. The largest absolute Gasteiger partial charge is 0.415 e. The number of nitrogens with zero attached hydrogens (tertiary/aromatic N) is 4. The van der Waals surface area contributed by atoms with Crippen molar-refractivity contribution in [2.24, 2.45) is 0 Å². The molecule has 1 aliphatic carbocycles. The van der Waals surface area contributed by atoms with Crippen LogP contribution in [0.2, 0.25) is 0 Å². The normalized spacial score (nSPS) is 12.8. The van der Waals surface area contributed by atoms with Gasteiger partial charge in [0.1, 0.15) is 18.5 Å². The van der Waals surface area contributed by atoms with Crippen LogP contribution < -0.4 is 4.84 Å². The molecule has 2 aromatic heterocycles. The molecule has 0 amide bonds. The first-order valence-electron chi connectivity index (χ1n) is 6.42. The van der Waals surface area contributed by atoms with Gasteiger partial charge in [-0.3, -0.25) is 0 Å². The molecule has 1 aliphatic rings. The first-order valence-corrected chi connectivity index (χ1v) is 6.42. The summed E-state index contributed by atoms with van der Waals surface area (Å²) in [5.74, 6) is 0.772. The Bertz CT molecular complexity index is 761. The van der Waals surface area contributed by atoms with Crippen LogP contribution in [0.4, 0.5) is 0 Å². The maximum Gasteiger partial charge on any atom is 0.176 e. The van der Waals surface area contributed by atoms with E-state index in [1.165, 1.54) is 0 Å². The van der Waals surface area contributed by atoms with E-state index >= 15 is 0 Å². The molecule has 0 N–H and O–H groups in total. The molecular weight excluding hydrogens is 256 g/mol. The highest BCUT2D eigenvalue weighted by Gasteiger charge is 2.29. The number of rotatable bonds is 2. The van der Waals surface area contributed by atoms with Gasteiger partial charge in [-0.25, -0.2) is 9.61 Å². The molecule has 0 unspecified atom stereocenters. The topological polar surface area (TPSA) is 66.0 Å². The summed E-state index contributed by atoms with van der Waals surface area (Å²) in [6, 6.07) is 9.94. The predicted molar refractivity (Wildman–Crippen MR) is 70.9 cm³/mol. The molecule has 3 aromatic rings. The van der Waals surface area contributed by atoms with E-state index in [1.807, 2.05) is 30.3 Å². The molecule has 100 valence electrons. The Labute approximate surface area is 114 Å². The smallest absolute Gasteiger partial charge is 0.176 e. The lowest BCUT2D eigenvalue weighted by Gasteiger charge is -2.11. The summed E-state index contributed by atoms with van der Waals surface area (Å²) < 4.78 is 6.54. The van der Waals surface area contributed by atoms with Crippen LogP contribution in [-0.4, -0.2) is 27.1 Å². The fourth-order valence-electron chi connectivity index (χ4n) is 2.59. The van der Waals surface area contributed by atoms with Gasteiger partial charge in [0, 0.05) is 12.0 Å². The van der Waals surface area contributed by atoms with Gasteiger partial charge in [-0.05, 0) is 11.6 Å². The van der Waals surface area contributed by atoms with Crippen LogP contribution in [0.15, 0.2) is 35.0 Å². The lowest BCUT2D eigenvalue weighted by Crippen LogP contribution is -2.12. The molecule has 20 heavy (non-hydrogen) atoms. The van der Waals surface area contributed by atoms with Crippen LogP contribution >= 0.6 is 0 Å². The minimum Gasteiger partial charge on any atom is -0.415 e. The van der Waals surface area contributed by atoms with Crippen LogP contribution in [0.25, 0.3) is 22.8 Å². The Morgan fingerprint density at radius 2 is 1.90 bits per heavy atom. The van der Waals surface area contributed by atoms with Crippen molar-refractivity contribution in [3.63, 3.8) is 0 Å². The summed E-state index contributed by atoms with van der Waals surface area (Å²) in [7, 11) is 1.62. The minimum absolute atomic E-state index is 0.725. The third kappa shape index (κ3) is 1.48. The Kier molecular flexibility index (Phi) is 2.35. The lowest BCUT2D eigenvalue weighted by atomic mass is 10.0. The van der Waals surface area contributed by atoms with Crippen LogP contribution in [0.5, 0.6) is 0 Å². The van der Waals surface area contributed by atoms with E-state index in [4.69, 9.17) is 14.5 Å². The Morgan fingerprint density at radius 3 is 2.70 bits per heavy atom. The van der Waals surface area contributed by atoms with E-state index in [2.05, 4.69) is 10.3 Å². The highest BCUT2D eigenvalue weighted by Crippen LogP contribution is 2.34. The molecule has 0 aliphatic heterocycles. The van der Waals surface area contributed by atoms with Crippen molar-refractivity contribution in [2.75, 3.05) is 7.11 Å². The molecule has 0 saturated heterocycles. The molecule has 0 fully saturated rings. The number of fused-ring (bicyclic) bond motifs is 3. The molecular formula is C14H12N4O2. The van der Waals surface area contributed by atoms with E-state index in [-0.39, 0.29) is 0 Å². The standard InChI is InChI=1S/C14H12N4O2/c1-19-18-13-11(8-7-10-12(13)17-20-16-10)15-14(18)9-5-3-2-4-6-9/h2-6H,7-8H2,1H3. The lowest BCUT2D eigenvalue weighted by molar-refractivity contribution is 0.174. The van der Waals surface area contributed by atoms with E-state index in [0.717, 1.165) is 47.0 Å². The van der Waals surface area contributed by atoms with Crippen molar-refractivity contribution >= 4 is 0 Å². The molecule has 0 radical (unpaired) electrons. The van der Waals surface area contributed by atoms with Gasteiger partial charge in [-0.2, -0.15) is 4.73 Å². The third-order valence-electron chi connectivity index (χ3n) is 3.50. The van der Waals surface area contributed by atoms with Crippen LogP contribution in [-0.2, 0) is 12.8 Å². The number of hydrogen-bond donors (Lipinski definition) is 0.